The zero-order valence-corrected chi connectivity index (χ0v) is 11.8. The van der Waals surface area contributed by atoms with Crippen molar-refractivity contribution >= 4 is 23.0 Å². The van der Waals surface area contributed by atoms with Crippen molar-refractivity contribution in [2.24, 2.45) is 0 Å². The minimum absolute atomic E-state index is 0.0161. The van der Waals surface area contributed by atoms with Gasteiger partial charge < -0.3 is 15.2 Å². The summed E-state index contributed by atoms with van der Waals surface area (Å²) in [6, 6.07) is 1.67. The van der Waals surface area contributed by atoms with Crippen molar-refractivity contribution in [3.05, 3.63) is 15.8 Å². The maximum Gasteiger partial charge on any atom is 0.348 e. The van der Waals surface area contributed by atoms with Crippen molar-refractivity contribution in [3.63, 3.8) is 0 Å². The molecule has 5 heteroatoms. The summed E-state index contributed by atoms with van der Waals surface area (Å²) in [5, 5.41) is 0. The summed E-state index contributed by atoms with van der Waals surface area (Å²) in [5.41, 5.74) is 6.26. The third kappa shape index (κ3) is 3.03. The minimum Gasteiger partial charge on any atom is -0.459 e. The number of ether oxygens (including phenoxy) is 2. The summed E-state index contributed by atoms with van der Waals surface area (Å²) in [5.74, 6) is -0.312. The van der Waals surface area contributed by atoms with Gasteiger partial charge in [0.05, 0.1) is 11.7 Å². The second-order valence-electron chi connectivity index (χ2n) is 5.26. The van der Waals surface area contributed by atoms with Crippen LogP contribution < -0.4 is 5.73 Å². The Bertz CT molecular complexity index is 434. The van der Waals surface area contributed by atoms with E-state index in [9.17, 15) is 4.79 Å². The van der Waals surface area contributed by atoms with E-state index in [1.807, 2.05) is 6.92 Å². The number of rotatable bonds is 3. The van der Waals surface area contributed by atoms with Gasteiger partial charge in [0.1, 0.15) is 11.5 Å². The first kappa shape index (κ1) is 13.4. The maximum absolute atomic E-state index is 11.8. The minimum atomic E-state index is -0.312. The molecule has 1 fully saturated rings. The highest BCUT2D eigenvalue weighted by molar-refractivity contribution is 7.14. The Morgan fingerprint density at radius 2 is 2.39 bits per heavy atom. The predicted molar refractivity (Wildman–Crippen MR) is 71.9 cm³/mol. The smallest absolute Gasteiger partial charge is 0.348 e. The number of aryl methyl sites for hydroxylation is 1. The van der Waals surface area contributed by atoms with Gasteiger partial charge in [-0.15, -0.1) is 11.3 Å². The number of carbonyl (C=O) groups is 1. The molecule has 1 aliphatic heterocycles. The fraction of sp³-hybridized carbons (Fsp3) is 0.615. The van der Waals surface area contributed by atoms with Gasteiger partial charge in [0.15, 0.2) is 0 Å². The number of hydrogen-bond donors (Lipinski definition) is 1. The van der Waals surface area contributed by atoms with Gasteiger partial charge in [-0.3, -0.25) is 0 Å². The Morgan fingerprint density at radius 1 is 1.67 bits per heavy atom. The molecule has 1 unspecified atom stereocenters. The number of anilines is 1. The van der Waals surface area contributed by atoms with Crippen molar-refractivity contribution in [2.45, 2.75) is 45.3 Å². The number of nitrogens with two attached hydrogens (primary N) is 1. The SMILES string of the molecule is Cc1sc(C(=O)OCC2CCC(C)(C)O2)cc1N. The molecule has 0 bridgehead atoms. The number of carbonyl (C=O) groups excluding carboxylic acids is 1. The summed E-state index contributed by atoms with van der Waals surface area (Å²) in [6.07, 6.45) is 1.95. The first-order chi connectivity index (χ1) is 8.37. The average molecular weight is 269 g/mol. The molecular formula is C13H19NO3S. The Hall–Kier alpha value is -1.07. The quantitative estimate of drug-likeness (QED) is 0.857. The molecule has 18 heavy (non-hydrogen) atoms. The summed E-state index contributed by atoms with van der Waals surface area (Å²) in [4.78, 5) is 13.3. The first-order valence-electron chi connectivity index (χ1n) is 6.08. The van der Waals surface area contributed by atoms with E-state index < -0.39 is 0 Å². The Balaban J connectivity index is 1.86. The third-order valence-corrected chi connectivity index (χ3v) is 4.16. The molecule has 1 aliphatic rings. The molecule has 1 aromatic rings. The molecule has 100 valence electrons. The summed E-state index contributed by atoms with van der Waals surface area (Å²) < 4.78 is 11.0. The first-order valence-corrected chi connectivity index (χ1v) is 6.90. The van der Waals surface area contributed by atoms with Gasteiger partial charge in [-0.05, 0) is 39.7 Å². The van der Waals surface area contributed by atoms with Crippen LogP contribution in [0.1, 0.15) is 41.2 Å². The highest BCUT2D eigenvalue weighted by Crippen LogP contribution is 2.30. The second kappa shape index (κ2) is 4.90. The van der Waals surface area contributed by atoms with E-state index in [0.29, 0.717) is 17.2 Å². The fourth-order valence-electron chi connectivity index (χ4n) is 2.03. The normalized spacial score (nSPS) is 22.1. The van der Waals surface area contributed by atoms with Crippen LogP contribution in [0.4, 0.5) is 5.69 Å². The molecule has 1 saturated heterocycles. The zero-order valence-electron chi connectivity index (χ0n) is 11.0. The van der Waals surface area contributed by atoms with E-state index in [2.05, 4.69) is 13.8 Å². The lowest BCUT2D eigenvalue weighted by atomic mass is 10.1. The van der Waals surface area contributed by atoms with E-state index in [1.54, 1.807) is 6.07 Å². The van der Waals surface area contributed by atoms with Crippen LogP contribution in [0, 0.1) is 6.92 Å². The van der Waals surface area contributed by atoms with Gasteiger partial charge in [0.25, 0.3) is 0 Å². The largest absolute Gasteiger partial charge is 0.459 e. The molecule has 1 aromatic heterocycles. The predicted octanol–water partition coefficient (Wildman–Crippen LogP) is 2.75. The number of esters is 1. The molecule has 2 heterocycles. The van der Waals surface area contributed by atoms with Gasteiger partial charge >= 0.3 is 5.97 Å². The number of hydrogen-bond acceptors (Lipinski definition) is 5. The molecule has 0 saturated carbocycles. The van der Waals surface area contributed by atoms with Crippen molar-refractivity contribution in [1.29, 1.82) is 0 Å². The molecule has 0 amide bonds. The molecule has 0 aromatic carbocycles. The van der Waals surface area contributed by atoms with Crippen LogP contribution in [0.5, 0.6) is 0 Å². The number of nitrogen functional groups attached to an aromatic ring is 1. The van der Waals surface area contributed by atoms with Crippen LogP contribution in [0.25, 0.3) is 0 Å². The molecule has 0 aliphatic carbocycles. The highest BCUT2D eigenvalue weighted by Gasteiger charge is 2.32. The van der Waals surface area contributed by atoms with Crippen molar-refractivity contribution < 1.29 is 14.3 Å². The van der Waals surface area contributed by atoms with Crippen molar-refractivity contribution in [2.75, 3.05) is 12.3 Å². The molecule has 4 nitrogen and oxygen atoms in total. The van der Waals surface area contributed by atoms with Crippen LogP contribution in [-0.2, 0) is 9.47 Å². The van der Waals surface area contributed by atoms with E-state index in [4.69, 9.17) is 15.2 Å². The van der Waals surface area contributed by atoms with Crippen LogP contribution >= 0.6 is 11.3 Å². The molecule has 0 radical (unpaired) electrons. The molecule has 0 spiro atoms. The maximum atomic E-state index is 11.8. The standard InChI is InChI=1S/C13H19NO3S/c1-8-10(14)6-11(18-8)12(15)16-7-9-4-5-13(2,3)17-9/h6,9H,4-5,7,14H2,1-3H3. The summed E-state index contributed by atoms with van der Waals surface area (Å²) in [6.45, 7) is 6.31. The lowest BCUT2D eigenvalue weighted by Crippen LogP contribution is -2.23. The summed E-state index contributed by atoms with van der Waals surface area (Å²) >= 11 is 1.36. The number of thiophene rings is 1. The summed E-state index contributed by atoms with van der Waals surface area (Å²) in [7, 11) is 0. The highest BCUT2D eigenvalue weighted by atomic mass is 32.1. The van der Waals surface area contributed by atoms with Gasteiger partial charge in [0.2, 0.25) is 0 Å². The van der Waals surface area contributed by atoms with E-state index in [0.717, 1.165) is 17.7 Å². The van der Waals surface area contributed by atoms with Crippen LogP contribution in [0.3, 0.4) is 0 Å². The van der Waals surface area contributed by atoms with Crippen molar-refractivity contribution in [1.82, 2.24) is 0 Å². The zero-order chi connectivity index (χ0) is 13.3. The topological polar surface area (TPSA) is 61.5 Å². The Morgan fingerprint density at radius 3 is 2.89 bits per heavy atom. The molecule has 2 N–H and O–H groups in total. The van der Waals surface area contributed by atoms with Crippen LogP contribution in [0.2, 0.25) is 0 Å². The molecular weight excluding hydrogens is 250 g/mol. The van der Waals surface area contributed by atoms with Gasteiger partial charge in [-0.2, -0.15) is 0 Å². The monoisotopic (exact) mass is 269 g/mol. The lowest BCUT2D eigenvalue weighted by Gasteiger charge is -2.18. The molecule has 2 rings (SSSR count). The van der Waals surface area contributed by atoms with Crippen molar-refractivity contribution in [3.8, 4) is 0 Å². The Labute approximate surface area is 111 Å². The van der Waals surface area contributed by atoms with Crippen LogP contribution in [0.15, 0.2) is 6.07 Å². The fourth-order valence-corrected chi connectivity index (χ4v) is 2.87. The lowest BCUT2D eigenvalue weighted by molar-refractivity contribution is -0.0443. The average Bonchev–Trinajstić information content (AvgIpc) is 2.80. The molecule has 1 atom stereocenters. The Kier molecular flexibility index (Phi) is 3.64. The van der Waals surface area contributed by atoms with Gasteiger partial charge in [0, 0.05) is 10.6 Å². The van der Waals surface area contributed by atoms with E-state index >= 15 is 0 Å². The van der Waals surface area contributed by atoms with E-state index in [1.165, 1.54) is 11.3 Å². The van der Waals surface area contributed by atoms with Crippen LogP contribution in [-0.4, -0.2) is 24.3 Å². The third-order valence-electron chi connectivity index (χ3n) is 3.11. The van der Waals surface area contributed by atoms with E-state index in [-0.39, 0.29) is 17.7 Å². The van der Waals surface area contributed by atoms with Gasteiger partial charge in [-0.25, -0.2) is 4.79 Å². The second-order valence-corrected chi connectivity index (χ2v) is 6.52. The van der Waals surface area contributed by atoms with Gasteiger partial charge in [-0.1, -0.05) is 0 Å².